The minimum atomic E-state index is -0.176. The van der Waals surface area contributed by atoms with Crippen molar-refractivity contribution < 1.29 is 14.1 Å². The van der Waals surface area contributed by atoms with Crippen LogP contribution in [0.5, 0.6) is 5.75 Å². The summed E-state index contributed by atoms with van der Waals surface area (Å²) in [6, 6.07) is 23.2. The third-order valence-corrected chi connectivity index (χ3v) is 4.78. The van der Waals surface area contributed by atoms with Crippen LogP contribution in [0.1, 0.15) is 16.7 Å². The molecule has 0 bridgehead atoms. The van der Waals surface area contributed by atoms with Crippen molar-refractivity contribution in [1.29, 1.82) is 0 Å². The van der Waals surface area contributed by atoms with E-state index in [4.69, 9.17) is 9.26 Å². The molecule has 1 amide bonds. The highest BCUT2D eigenvalue weighted by Crippen LogP contribution is 2.24. The number of benzene rings is 3. The third kappa shape index (κ3) is 5.36. The van der Waals surface area contributed by atoms with Gasteiger partial charge in [0.05, 0.1) is 0 Å². The number of nitrogens with zero attached hydrogens (tertiary/aromatic N) is 2. The van der Waals surface area contributed by atoms with Crippen LogP contribution in [-0.4, -0.2) is 22.7 Å². The number of nitrogens with one attached hydrogen (secondary N) is 1. The Morgan fingerprint density at radius 1 is 0.935 bits per heavy atom. The van der Waals surface area contributed by atoms with Crippen LogP contribution in [0.25, 0.3) is 22.8 Å². The smallest absolute Gasteiger partial charge is 0.258 e. The molecule has 1 N–H and O–H groups in total. The fourth-order valence-corrected chi connectivity index (χ4v) is 3.08. The Labute approximate surface area is 180 Å². The molecule has 0 radical (unpaired) electrons. The van der Waals surface area contributed by atoms with E-state index in [2.05, 4.69) is 15.5 Å². The van der Waals surface area contributed by atoms with E-state index in [1.807, 2.05) is 74.5 Å². The van der Waals surface area contributed by atoms with Crippen molar-refractivity contribution in [3.8, 4) is 28.6 Å². The van der Waals surface area contributed by atoms with Gasteiger partial charge in [-0.15, -0.1) is 0 Å². The topological polar surface area (TPSA) is 77.2 Å². The fraction of sp³-hybridized carbons (Fsp3) is 0.160. The second-order valence-electron chi connectivity index (χ2n) is 7.37. The number of rotatable bonds is 7. The highest BCUT2D eigenvalue weighted by molar-refractivity contribution is 5.77. The third-order valence-electron chi connectivity index (χ3n) is 4.78. The maximum absolute atomic E-state index is 12.1. The van der Waals surface area contributed by atoms with Crippen LogP contribution in [0.15, 0.2) is 77.3 Å². The van der Waals surface area contributed by atoms with Gasteiger partial charge in [-0.1, -0.05) is 64.8 Å². The Balaban J connectivity index is 1.31. The lowest BCUT2D eigenvalue weighted by Gasteiger charge is -2.08. The van der Waals surface area contributed by atoms with Crippen LogP contribution in [0, 0.1) is 13.8 Å². The first-order valence-corrected chi connectivity index (χ1v) is 10.0. The van der Waals surface area contributed by atoms with E-state index < -0.39 is 0 Å². The summed E-state index contributed by atoms with van der Waals surface area (Å²) < 4.78 is 11.0. The SMILES string of the molecule is Cc1ccc(-c2noc(-c3ccc(OCC(=O)NCc4cccc(C)c4)cc3)n2)cc1. The molecule has 156 valence electrons. The van der Waals surface area contributed by atoms with Gasteiger partial charge < -0.3 is 14.6 Å². The fourth-order valence-electron chi connectivity index (χ4n) is 3.08. The number of aromatic nitrogens is 2. The lowest BCUT2D eigenvalue weighted by Crippen LogP contribution is -2.28. The van der Waals surface area contributed by atoms with Gasteiger partial charge in [-0.25, -0.2) is 0 Å². The van der Waals surface area contributed by atoms with Gasteiger partial charge in [0.15, 0.2) is 6.61 Å². The molecule has 0 saturated heterocycles. The Morgan fingerprint density at radius 2 is 1.68 bits per heavy atom. The van der Waals surface area contributed by atoms with E-state index in [-0.39, 0.29) is 12.5 Å². The zero-order valence-electron chi connectivity index (χ0n) is 17.5. The van der Waals surface area contributed by atoms with Crippen LogP contribution in [0.3, 0.4) is 0 Å². The van der Waals surface area contributed by atoms with Crippen molar-refractivity contribution in [2.45, 2.75) is 20.4 Å². The van der Waals surface area contributed by atoms with Gasteiger partial charge >= 0.3 is 0 Å². The quantitative estimate of drug-likeness (QED) is 0.475. The number of hydrogen-bond donors (Lipinski definition) is 1. The molecule has 4 rings (SSSR count). The first kappa shape index (κ1) is 20.3. The van der Waals surface area contributed by atoms with E-state index in [1.165, 1.54) is 5.56 Å². The molecule has 0 aliphatic heterocycles. The van der Waals surface area contributed by atoms with Crippen LogP contribution < -0.4 is 10.1 Å². The number of carbonyl (C=O) groups excluding carboxylic acids is 1. The summed E-state index contributed by atoms with van der Waals surface area (Å²) in [4.78, 5) is 16.5. The average molecular weight is 413 g/mol. The second kappa shape index (κ2) is 9.26. The molecule has 0 fully saturated rings. The maximum Gasteiger partial charge on any atom is 0.258 e. The first-order chi connectivity index (χ1) is 15.1. The van der Waals surface area contributed by atoms with Crippen molar-refractivity contribution in [2.75, 3.05) is 6.61 Å². The molecule has 0 unspecified atom stereocenters. The molecule has 0 spiro atoms. The predicted molar refractivity (Wildman–Crippen MR) is 118 cm³/mol. The second-order valence-corrected chi connectivity index (χ2v) is 7.37. The van der Waals surface area contributed by atoms with Crippen LogP contribution in [-0.2, 0) is 11.3 Å². The van der Waals surface area contributed by atoms with Crippen molar-refractivity contribution in [3.05, 3.63) is 89.5 Å². The molecule has 1 aromatic heterocycles. The number of ether oxygens (including phenoxy) is 1. The molecule has 0 aliphatic carbocycles. The van der Waals surface area contributed by atoms with Crippen molar-refractivity contribution in [1.82, 2.24) is 15.5 Å². The first-order valence-electron chi connectivity index (χ1n) is 10.0. The summed E-state index contributed by atoms with van der Waals surface area (Å²) in [5.74, 6) is 1.39. The molecule has 31 heavy (non-hydrogen) atoms. The standard InChI is InChI=1S/C25H23N3O3/c1-17-6-8-20(9-7-17)24-27-25(31-28-24)21-10-12-22(13-11-21)30-16-23(29)26-15-19-5-3-4-18(2)14-19/h3-14H,15-16H2,1-2H3,(H,26,29). The van der Waals surface area contributed by atoms with Gasteiger partial charge in [0.2, 0.25) is 5.82 Å². The molecule has 4 aromatic rings. The summed E-state index contributed by atoms with van der Waals surface area (Å²) in [5, 5.41) is 6.91. The molecular formula is C25H23N3O3. The van der Waals surface area contributed by atoms with Gasteiger partial charge in [-0.05, 0) is 43.7 Å². The monoisotopic (exact) mass is 413 g/mol. The number of amides is 1. The summed E-state index contributed by atoms with van der Waals surface area (Å²) in [6.07, 6.45) is 0. The summed E-state index contributed by atoms with van der Waals surface area (Å²) in [5.41, 5.74) is 5.07. The van der Waals surface area contributed by atoms with Crippen LogP contribution in [0.4, 0.5) is 0 Å². The predicted octanol–water partition coefficient (Wildman–Crippen LogP) is 4.72. The Hall–Kier alpha value is -3.93. The highest BCUT2D eigenvalue weighted by Gasteiger charge is 2.11. The zero-order chi connectivity index (χ0) is 21.6. The lowest BCUT2D eigenvalue weighted by molar-refractivity contribution is -0.123. The van der Waals surface area contributed by atoms with Gasteiger partial charge in [0.1, 0.15) is 5.75 Å². The Bertz CT molecular complexity index is 1170. The maximum atomic E-state index is 12.1. The Kier molecular flexibility index (Phi) is 6.08. The molecule has 3 aromatic carbocycles. The Morgan fingerprint density at radius 3 is 2.42 bits per heavy atom. The molecule has 0 saturated carbocycles. The van der Waals surface area contributed by atoms with Crippen molar-refractivity contribution in [2.24, 2.45) is 0 Å². The van der Waals surface area contributed by atoms with Crippen molar-refractivity contribution >= 4 is 5.91 Å². The summed E-state index contributed by atoms with van der Waals surface area (Å²) >= 11 is 0. The van der Waals surface area contributed by atoms with Gasteiger partial charge in [0, 0.05) is 17.7 Å². The molecule has 6 heteroatoms. The highest BCUT2D eigenvalue weighted by atomic mass is 16.5. The van der Waals surface area contributed by atoms with Crippen molar-refractivity contribution in [3.63, 3.8) is 0 Å². The van der Waals surface area contributed by atoms with Crippen LogP contribution >= 0.6 is 0 Å². The number of hydrogen-bond acceptors (Lipinski definition) is 5. The van der Waals surface area contributed by atoms with Crippen LogP contribution in [0.2, 0.25) is 0 Å². The van der Waals surface area contributed by atoms with Gasteiger partial charge in [-0.3, -0.25) is 4.79 Å². The van der Waals surface area contributed by atoms with E-state index in [0.29, 0.717) is 24.0 Å². The normalized spacial score (nSPS) is 10.6. The summed E-state index contributed by atoms with van der Waals surface area (Å²) in [6.45, 7) is 4.48. The number of aryl methyl sites for hydroxylation is 2. The molecule has 6 nitrogen and oxygen atoms in total. The van der Waals surface area contributed by atoms with E-state index >= 15 is 0 Å². The molecule has 0 aliphatic rings. The zero-order valence-corrected chi connectivity index (χ0v) is 17.5. The van der Waals surface area contributed by atoms with Gasteiger partial charge in [-0.2, -0.15) is 4.98 Å². The average Bonchev–Trinajstić information content (AvgIpc) is 3.27. The number of carbonyl (C=O) groups is 1. The minimum absolute atomic E-state index is 0.0523. The molecule has 1 heterocycles. The molecular weight excluding hydrogens is 390 g/mol. The molecule has 0 atom stereocenters. The van der Waals surface area contributed by atoms with E-state index in [1.54, 1.807) is 12.1 Å². The minimum Gasteiger partial charge on any atom is -0.484 e. The summed E-state index contributed by atoms with van der Waals surface area (Å²) in [7, 11) is 0. The lowest BCUT2D eigenvalue weighted by atomic mass is 10.1. The van der Waals surface area contributed by atoms with E-state index in [9.17, 15) is 4.79 Å². The van der Waals surface area contributed by atoms with E-state index in [0.717, 1.165) is 22.3 Å². The largest absolute Gasteiger partial charge is 0.484 e. The van der Waals surface area contributed by atoms with Gasteiger partial charge in [0.25, 0.3) is 11.8 Å².